The van der Waals surface area contributed by atoms with Gasteiger partial charge in [0.1, 0.15) is 18.0 Å². The van der Waals surface area contributed by atoms with Gasteiger partial charge in [-0.3, -0.25) is 0 Å². The summed E-state index contributed by atoms with van der Waals surface area (Å²) in [7, 11) is 4.90. The zero-order valence-electron chi connectivity index (χ0n) is 10.8. The molecule has 0 amide bonds. The van der Waals surface area contributed by atoms with Crippen molar-refractivity contribution in [2.45, 2.75) is 12.2 Å². The van der Waals surface area contributed by atoms with Gasteiger partial charge in [0.15, 0.2) is 0 Å². The lowest BCUT2D eigenvalue weighted by Crippen LogP contribution is -2.27. The van der Waals surface area contributed by atoms with Gasteiger partial charge in [0.25, 0.3) is 0 Å². The summed E-state index contributed by atoms with van der Waals surface area (Å²) >= 11 is 0. The summed E-state index contributed by atoms with van der Waals surface area (Å²) in [6.07, 6.45) is 0.0503. The number of nitrogens with two attached hydrogens (primary N) is 1. The van der Waals surface area contributed by atoms with E-state index in [1.54, 1.807) is 27.4 Å². The van der Waals surface area contributed by atoms with Crippen LogP contribution in [-0.4, -0.2) is 56.6 Å². The van der Waals surface area contributed by atoms with Gasteiger partial charge in [-0.25, -0.2) is 0 Å². The maximum absolute atomic E-state index is 5.65. The average molecular weight is 254 g/mol. The first kappa shape index (κ1) is 12.8. The number of rotatable bonds is 4. The second kappa shape index (κ2) is 5.36. The molecule has 0 bridgehead atoms. The fraction of sp³-hybridized carbons (Fsp3) is 0.636. The van der Waals surface area contributed by atoms with Crippen LogP contribution in [0, 0.1) is 0 Å². The van der Waals surface area contributed by atoms with E-state index in [0.717, 1.165) is 5.82 Å². The number of anilines is 2. The molecule has 2 rings (SSSR count). The molecule has 0 spiro atoms. The zero-order chi connectivity index (χ0) is 13.1. The molecule has 1 aromatic rings. The molecule has 0 saturated carbocycles. The van der Waals surface area contributed by atoms with Crippen molar-refractivity contribution in [2.75, 3.05) is 45.1 Å². The molecule has 1 aliphatic rings. The molecule has 1 saturated heterocycles. The van der Waals surface area contributed by atoms with Crippen LogP contribution in [0.15, 0.2) is 6.07 Å². The number of ether oxygens (including phenoxy) is 3. The van der Waals surface area contributed by atoms with Crippen LogP contribution < -0.4 is 15.4 Å². The summed E-state index contributed by atoms with van der Waals surface area (Å²) in [5.74, 6) is 1.37. The van der Waals surface area contributed by atoms with Gasteiger partial charge in [-0.2, -0.15) is 9.97 Å². The molecular weight excluding hydrogens is 236 g/mol. The first-order chi connectivity index (χ1) is 8.67. The fourth-order valence-electron chi connectivity index (χ4n) is 2.08. The van der Waals surface area contributed by atoms with Crippen LogP contribution in [0.2, 0.25) is 0 Å². The molecule has 7 nitrogen and oxygen atoms in total. The van der Waals surface area contributed by atoms with Gasteiger partial charge in [0, 0.05) is 33.4 Å². The third kappa shape index (κ3) is 2.46. The summed E-state index contributed by atoms with van der Waals surface area (Å²) in [4.78, 5) is 10.2. The van der Waals surface area contributed by atoms with E-state index in [1.807, 2.05) is 4.90 Å². The second-order valence-corrected chi connectivity index (χ2v) is 4.08. The van der Waals surface area contributed by atoms with Crippen molar-refractivity contribution in [3.63, 3.8) is 0 Å². The number of methoxy groups -OCH3 is 3. The Labute approximate surface area is 106 Å². The molecule has 7 heteroatoms. The topological polar surface area (TPSA) is 82.7 Å². The summed E-state index contributed by atoms with van der Waals surface area (Å²) < 4.78 is 15.8. The first-order valence-corrected chi connectivity index (χ1v) is 5.67. The number of nitrogen functional groups attached to an aromatic ring is 1. The van der Waals surface area contributed by atoms with E-state index < -0.39 is 0 Å². The van der Waals surface area contributed by atoms with Crippen LogP contribution >= 0.6 is 0 Å². The first-order valence-electron chi connectivity index (χ1n) is 5.67. The molecule has 2 heterocycles. The van der Waals surface area contributed by atoms with E-state index in [9.17, 15) is 0 Å². The highest BCUT2D eigenvalue weighted by Crippen LogP contribution is 2.24. The maximum atomic E-state index is 5.65. The Hall–Kier alpha value is -1.60. The van der Waals surface area contributed by atoms with Gasteiger partial charge in [-0.05, 0) is 0 Å². The number of hydrogen-bond acceptors (Lipinski definition) is 7. The Bertz CT molecular complexity index is 403. The third-order valence-electron chi connectivity index (χ3n) is 3.06. The third-order valence-corrected chi connectivity index (χ3v) is 3.06. The highest BCUT2D eigenvalue weighted by Gasteiger charge is 2.34. The SMILES string of the molecule is COc1cc(N2CC(OC)C(OC)C2)nc(N)n1. The Morgan fingerprint density at radius 3 is 2.28 bits per heavy atom. The van der Waals surface area contributed by atoms with Crippen molar-refractivity contribution >= 4 is 11.8 Å². The number of hydrogen-bond donors (Lipinski definition) is 1. The minimum atomic E-state index is 0.0252. The van der Waals surface area contributed by atoms with Crippen LogP contribution in [-0.2, 0) is 9.47 Å². The normalized spacial score (nSPS) is 23.4. The molecule has 2 N–H and O–H groups in total. The van der Waals surface area contributed by atoms with Crippen molar-refractivity contribution in [1.82, 2.24) is 9.97 Å². The standard InChI is InChI=1S/C11H18N4O3/c1-16-7-5-15(6-8(7)17-2)9-4-10(18-3)14-11(12)13-9/h4,7-8H,5-6H2,1-3H3,(H2,12,13,14). The largest absolute Gasteiger partial charge is 0.481 e. The van der Waals surface area contributed by atoms with Crippen molar-refractivity contribution in [2.24, 2.45) is 0 Å². The lowest BCUT2D eigenvalue weighted by atomic mass is 10.3. The molecule has 0 aromatic carbocycles. The maximum Gasteiger partial charge on any atom is 0.225 e. The smallest absolute Gasteiger partial charge is 0.225 e. The quantitative estimate of drug-likeness (QED) is 0.804. The predicted octanol–water partition coefficient (Wildman–Crippen LogP) is -0.0826. The van der Waals surface area contributed by atoms with Crippen molar-refractivity contribution < 1.29 is 14.2 Å². The monoisotopic (exact) mass is 254 g/mol. The second-order valence-electron chi connectivity index (χ2n) is 4.08. The number of aromatic nitrogens is 2. The molecular formula is C11H18N4O3. The molecule has 2 unspecified atom stereocenters. The molecule has 1 aromatic heterocycles. The van der Waals surface area contributed by atoms with E-state index in [4.69, 9.17) is 19.9 Å². The van der Waals surface area contributed by atoms with Crippen LogP contribution in [0.5, 0.6) is 5.88 Å². The van der Waals surface area contributed by atoms with E-state index >= 15 is 0 Å². The minimum absolute atomic E-state index is 0.0252. The molecule has 100 valence electrons. The lowest BCUT2D eigenvalue weighted by molar-refractivity contribution is -0.00461. The van der Waals surface area contributed by atoms with Gasteiger partial charge in [-0.1, -0.05) is 0 Å². The highest BCUT2D eigenvalue weighted by molar-refractivity contribution is 5.47. The molecule has 18 heavy (non-hydrogen) atoms. The van der Waals surface area contributed by atoms with Crippen LogP contribution in [0.4, 0.5) is 11.8 Å². The van der Waals surface area contributed by atoms with Gasteiger partial charge in [0.05, 0.1) is 7.11 Å². The van der Waals surface area contributed by atoms with Crippen LogP contribution in [0.1, 0.15) is 0 Å². The summed E-state index contributed by atoms with van der Waals surface area (Å²) in [6, 6.07) is 1.75. The Kier molecular flexibility index (Phi) is 3.83. The zero-order valence-corrected chi connectivity index (χ0v) is 10.8. The average Bonchev–Trinajstić information content (AvgIpc) is 2.81. The number of nitrogens with zero attached hydrogens (tertiary/aromatic N) is 3. The van der Waals surface area contributed by atoms with Gasteiger partial charge in [0.2, 0.25) is 11.8 Å². The van der Waals surface area contributed by atoms with Crippen molar-refractivity contribution in [3.05, 3.63) is 6.07 Å². The van der Waals surface area contributed by atoms with Gasteiger partial charge in [-0.15, -0.1) is 0 Å². The molecule has 0 radical (unpaired) electrons. The molecule has 1 aliphatic heterocycles. The van der Waals surface area contributed by atoms with Crippen LogP contribution in [0.3, 0.4) is 0 Å². The predicted molar refractivity (Wildman–Crippen MR) is 66.8 cm³/mol. The van der Waals surface area contributed by atoms with Gasteiger partial charge < -0.3 is 24.8 Å². The molecule has 2 atom stereocenters. The van der Waals surface area contributed by atoms with Crippen molar-refractivity contribution in [1.29, 1.82) is 0 Å². The fourth-order valence-corrected chi connectivity index (χ4v) is 2.08. The summed E-state index contributed by atoms with van der Waals surface area (Å²) in [5.41, 5.74) is 5.65. The lowest BCUT2D eigenvalue weighted by Gasteiger charge is -2.17. The van der Waals surface area contributed by atoms with E-state index in [0.29, 0.717) is 19.0 Å². The Morgan fingerprint density at radius 2 is 1.78 bits per heavy atom. The van der Waals surface area contributed by atoms with Crippen molar-refractivity contribution in [3.8, 4) is 5.88 Å². The Morgan fingerprint density at radius 1 is 1.17 bits per heavy atom. The van der Waals surface area contributed by atoms with Gasteiger partial charge >= 0.3 is 0 Å². The minimum Gasteiger partial charge on any atom is -0.481 e. The van der Waals surface area contributed by atoms with E-state index in [2.05, 4.69) is 9.97 Å². The molecule has 1 fully saturated rings. The summed E-state index contributed by atoms with van der Waals surface area (Å²) in [6.45, 7) is 1.41. The van der Waals surface area contributed by atoms with E-state index in [-0.39, 0.29) is 18.2 Å². The molecule has 0 aliphatic carbocycles. The summed E-state index contributed by atoms with van der Waals surface area (Å²) in [5, 5.41) is 0. The van der Waals surface area contributed by atoms with E-state index in [1.165, 1.54) is 0 Å². The Balaban J connectivity index is 2.20. The van der Waals surface area contributed by atoms with Crippen LogP contribution in [0.25, 0.3) is 0 Å². The highest BCUT2D eigenvalue weighted by atomic mass is 16.5.